The Hall–Kier alpha value is -3.72. The van der Waals surface area contributed by atoms with Crippen molar-refractivity contribution in [3.8, 4) is 11.5 Å². The van der Waals surface area contributed by atoms with Gasteiger partial charge < -0.3 is 9.47 Å². The summed E-state index contributed by atoms with van der Waals surface area (Å²) in [4.78, 5) is 22.2. The predicted octanol–water partition coefficient (Wildman–Crippen LogP) is 2.07. The van der Waals surface area contributed by atoms with Crippen LogP contribution in [0.3, 0.4) is 0 Å². The number of nitrogens with zero attached hydrogens (tertiary/aromatic N) is 2. The normalized spacial score (nSPS) is 15.2. The number of anilines is 1. The Morgan fingerprint density at radius 1 is 1.22 bits per heavy atom. The number of non-ortho nitro benzene ring substituents is 1. The minimum Gasteiger partial charge on any atom is -0.496 e. The number of hydrogen-bond donors (Lipinski definition) is 2. The molecule has 2 N–H and O–H groups in total. The lowest BCUT2D eigenvalue weighted by Crippen LogP contribution is -2.97. The first kappa shape index (κ1) is 18.1. The van der Waals surface area contributed by atoms with Crippen LogP contribution >= 0.6 is 0 Å². The Balaban J connectivity index is 1.70. The fourth-order valence-electron chi connectivity index (χ4n) is 2.51. The van der Waals surface area contributed by atoms with E-state index in [9.17, 15) is 14.9 Å². The zero-order valence-corrected chi connectivity index (χ0v) is 14.6. The molecule has 1 aliphatic rings. The number of quaternary nitrogens is 1. The average Bonchev–Trinajstić information content (AvgIpc) is 3.08. The molecule has 0 saturated heterocycles. The van der Waals surface area contributed by atoms with Crippen molar-refractivity contribution in [1.82, 2.24) is 0 Å². The summed E-state index contributed by atoms with van der Waals surface area (Å²) in [5.41, 5.74) is 2.18. The van der Waals surface area contributed by atoms with Crippen molar-refractivity contribution in [3.05, 3.63) is 64.3 Å². The van der Waals surface area contributed by atoms with E-state index in [1.807, 2.05) is 19.3 Å². The highest BCUT2D eigenvalue weighted by Crippen LogP contribution is 2.29. The minimum atomic E-state index is -0.718. The highest BCUT2D eigenvalue weighted by Gasteiger charge is 2.16. The Kier molecular flexibility index (Phi) is 5.13. The first-order valence-corrected chi connectivity index (χ1v) is 7.97. The fraction of sp³-hybridized carbons (Fsp3) is 0.111. The molecule has 0 bridgehead atoms. The first-order chi connectivity index (χ1) is 13.0. The molecule has 1 amide bonds. The molecule has 2 aromatic carbocycles. The van der Waals surface area contributed by atoms with Crippen molar-refractivity contribution in [2.75, 3.05) is 19.5 Å². The highest BCUT2D eigenvalue weighted by molar-refractivity contribution is 6.11. The van der Waals surface area contributed by atoms with Gasteiger partial charge in [-0.15, -0.1) is 0 Å². The number of carbonyl (C=O) groups excluding carboxylic acids is 1. The van der Waals surface area contributed by atoms with Crippen molar-refractivity contribution in [3.63, 3.8) is 0 Å². The lowest BCUT2D eigenvalue weighted by molar-refractivity contribution is -0.828. The van der Waals surface area contributed by atoms with Crippen molar-refractivity contribution in [2.45, 2.75) is 0 Å². The third-order valence-electron chi connectivity index (χ3n) is 3.79. The van der Waals surface area contributed by atoms with Crippen LogP contribution < -0.4 is 19.8 Å². The van der Waals surface area contributed by atoms with E-state index in [2.05, 4.69) is 10.4 Å². The standard InChI is InChI=1S/C18H16N4O5/c1-21-11-12(10-19-21)16-8-3-13(9-17(16)26-2)20-18(23)27-15-6-4-14(5-7-15)22(24)25/h3-11H,1-2H3,(H,20,23)/p+1. The number of amides is 1. The molecule has 0 radical (unpaired) electrons. The van der Waals surface area contributed by atoms with Crippen molar-refractivity contribution in [1.29, 1.82) is 0 Å². The van der Waals surface area contributed by atoms with Crippen LogP contribution in [0.2, 0.25) is 0 Å². The molecule has 1 aliphatic heterocycles. The number of allylic oxidation sites excluding steroid dienone is 1. The van der Waals surface area contributed by atoms with Gasteiger partial charge in [0.25, 0.3) is 5.69 Å². The highest BCUT2D eigenvalue weighted by atomic mass is 16.6. The molecule has 0 fully saturated rings. The maximum Gasteiger partial charge on any atom is 0.417 e. The second-order valence-electron chi connectivity index (χ2n) is 5.68. The summed E-state index contributed by atoms with van der Waals surface area (Å²) in [5, 5.41) is 18.4. The number of nitro groups is 1. The first-order valence-electron chi connectivity index (χ1n) is 7.97. The number of ether oxygens (including phenoxy) is 2. The van der Waals surface area contributed by atoms with E-state index in [0.717, 1.165) is 16.1 Å². The van der Waals surface area contributed by atoms with Gasteiger partial charge in [-0.25, -0.2) is 4.79 Å². The van der Waals surface area contributed by atoms with Gasteiger partial charge in [-0.2, -0.15) is 5.01 Å². The molecule has 0 aromatic heterocycles. The van der Waals surface area contributed by atoms with Crippen LogP contribution in [0.1, 0.15) is 5.56 Å². The van der Waals surface area contributed by atoms with Crippen LogP contribution in [-0.2, 0) is 0 Å². The van der Waals surface area contributed by atoms with Crippen LogP contribution in [0.4, 0.5) is 16.2 Å². The summed E-state index contributed by atoms with van der Waals surface area (Å²) in [5.74, 6) is 0.774. The Bertz CT molecular complexity index is 937. The number of hydrogen-bond acceptors (Lipinski definition) is 6. The molecule has 3 rings (SSSR count). The molecule has 0 saturated carbocycles. The van der Waals surface area contributed by atoms with Gasteiger partial charge >= 0.3 is 6.09 Å². The quantitative estimate of drug-likeness (QED) is 0.620. The smallest absolute Gasteiger partial charge is 0.417 e. The molecular formula is C18H17N4O5+. The Morgan fingerprint density at radius 2 is 1.96 bits per heavy atom. The Labute approximate surface area is 154 Å². The van der Waals surface area contributed by atoms with Gasteiger partial charge in [0, 0.05) is 29.4 Å². The number of nitrogens with one attached hydrogen (secondary N) is 2. The number of carbonyl (C=O) groups is 1. The number of rotatable bonds is 5. The molecule has 9 heteroatoms. The summed E-state index contributed by atoms with van der Waals surface area (Å²) < 4.78 is 10.5. The SMILES string of the molecule is COc1cc(NC(=O)Oc2ccc([N+](=O)[O-])cc2)ccc1C1=C[NH+](C)N=C1. The van der Waals surface area contributed by atoms with Gasteiger partial charge in [0.2, 0.25) is 0 Å². The van der Waals surface area contributed by atoms with Gasteiger partial charge in [-0.3, -0.25) is 15.4 Å². The molecule has 1 atom stereocenters. The molecule has 0 aliphatic carbocycles. The second-order valence-corrected chi connectivity index (χ2v) is 5.68. The third kappa shape index (κ3) is 4.28. The molecule has 27 heavy (non-hydrogen) atoms. The largest absolute Gasteiger partial charge is 0.496 e. The number of nitro benzene ring substituents is 1. The van der Waals surface area contributed by atoms with E-state index >= 15 is 0 Å². The molecular weight excluding hydrogens is 352 g/mol. The summed E-state index contributed by atoms with van der Waals surface area (Å²) in [7, 11) is 3.45. The molecule has 1 heterocycles. The van der Waals surface area contributed by atoms with Gasteiger partial charge in [-0.05, 0) is 24.3 Å². The van der Waals surface area contributed by atoms with E-state index in [1.54, 1.807) is 25.5 Å². The summed E-state index contributed by atoms with van der Waals surface area (Å²) >= 11 is 0. The van der Waals surface area contributed by atoms with E-state index in [4.69, 9.17) is 9.47 Å². The third-order valence-corrected chi connectivity index (χ3v) is 3.79. The van der Waals surface area contributed by atoms with Crippen LogP contribution in [0, 0.1) is 10.1 Å². The summed E-state index contributed by atoms with van der Waals surface area (Å²) in [6.07, 6.45) is 2.97. The van der Waals surface area contributed by atoms with Crippen LogP contribution in [0.5, 0.6) is 11.5 Å². The molecule has 138 valence electrons. The lowest BCUT2D eigenvalue weighted by atomic mass is 10.1. The van der Waals surface area contributed by atoms with Crippen molar-refractivity contribution >= 4 is 29.3 Å². The number of benzene rings is 2. The van der Waals surface area contributed by atoms with E-state index in [-0.39, 0.29) is 11.4 Å². The van der Waals surface area contributed by atoms with Crippen molar-refractivity contribution in [2.24, 2.45) is 5.10 Å². The molecule has 9 nitrogen and oxygen atoms in total. The van der Waals surface area contributed by atoms with Gasteiger partial charge in [0.1, 0.15) is 17.7 Å². The maximum absolute atomic E-state index is 12.0. The molecule has 0 spiro atoms. The van der Waals surface area contributed by atoms with E-state index in [1.165, 1.54) is 24.3 Å². The Morgan fingerprint density at radius 3 is 2.56 bits per heavy atom. The predicted molar refractivity (Wildman–Crippen MR) is 99.1 cm³/mol. The monoisotopic (exact) mass is 369 g/mol. The maximum atomic E-state index is 12.0. The van der Waals surface area contributed by atoms with E-state index in [0.29, 0.717) is 11.4 Å². The second kappa shape index (κ2) is 7.67. The van der Waals surface area contributed by atoms with Crippen LogP contribution in [-0.4, -0.2) is 31.4 Å². The van der Waals surface area contributed by atoms with Gasteiger partial charge in [0.05, 0.1) is 30.9 Å². The fourth-order valence-corrected chi connectivity index (χ4v) is 2.51. The minimum absolute atomic E-state index is 0.0830. The summed E-state index contributed by atoms with van der Waals surface area (Å²) in [6.45, 7) is 0. The number of methoxy groups -OCH3 is 1. The van der Waals surface area contributed by atoms with Crippen LogP contribution in [0.15, 0.2) is 53.8 Å². The van der Waals surface area contributed by atoms with Gasteiger partial charge in [0.15, 0.2) is 0 Å². The zero-order valence-electron chi connectivity index (χ0n) is 14.6. The molecule has 1 unspecified atom stereocenters. The van der Waals surface area contributed by atoms with Crippen LogP contribution in [0.25, 0.3) is 5.57 Å². The molecule has 2 aromatic rings. The lowest BCUT2D eigenvalue weighted by Gasteiger charge is -2.11. The zero-order chi connectivity index (χ0) is 19.4. The van der Waals surface area contributed by atoms with Gasteiger partial charge in [-0.1, -0.05) is 5.10 Å². The van der Waals surface area contributed by atoms with Crippen molar-refractivity contribution < 1.29 is 24.2 Å². The summed E-state index contributed by atoms with van der Waals surface area (Å²) in [6, 6.07) is 10.4. The van der Waals surface area contributed by atoms with E-state index < -0.39 is 11.0 Å². The topological polar surface area (TPSA) is 108 Å². The average molecular weight is 369 g/mol.